The van der Waals surface area contributed by atoms with Crippen molar-refractivity contribution in [2.75, 3.05) is 6.61 Å². The number of nitro benzene ring substituents is 1. The van der Waals surface area contributed by atoms with Gasteiger partial charge in [-0.3, -0.25) is 14.9 Å². The Balaban J connectivity index is 1.70. The van der Waals surface area contributed by atoms with Crippen molar-refractivity contribution in [2.45, 2.75) is 20.0 Å². The molecule has 10 heteroatoms. The first-order valence-corrected chi connectivity index (χ1v) is 11.5. The van der Waals surface area contributed by atoms with E-state index in [4.69, 9.17) is 9.47 Å². The topological polar surface area (TPSA) is 129 Å². The summed E-state index contributed by atoms with van der Waals surface area (Å²) < 4.78 is 12.6. The predicted molar refractivity (Wildman–Crippen MR) is 141 cm³/mol. The SMILES string of the molecule is C=CCc1cc(C=Nn2c(=O)[nH]c3ccccc3c2=O)cc(OCC)c1OCc1cccc([N+](=O)[O-])c1. The lowest BCUT2D eigenvalue weighted by Gasteiger charge is -2.16. The molecule has 0 saturated heterocycles. The number of ether oxygens (including phenoxy) is 2. The fourth-order valence-corrected chi connectivity index (χ4v) is 3.79. The highest BCUT2D eigenvalue weighted by Gasteiger charge is 2.15. The number of H-pyrrole nitrogens is 1. The molecule has 3 aromatic carbocycles. The minimum absolute atomic E-state index is 0.0251. The summed E-state index contributed by atoms with van der Waals surface area (Å²) in [4.78, 5) is 38.5. The zero-order chi connectivity index (χ0) is 26.4. The third kappa shape index (κ3) is 5.64. The normalized spacial score (nSPS) is 11.1. The number of non-ortho nitro benzene ring substituents is 1. The van der Waals surface area contributed by atoms with Crippen LogP contribution in [-0.2, 0) is 13.0 Å². The number of para-hydroxylation sites is 1. The molecule has 4 rings (SSSR count). The fraction of sp³-hybridized carbons (Fsp3) is 0.148. The van der Waals surface area contributed by atoms with Gasteiger partial charge in [-0.05, 0) is 48.7 Å². The molecule has 0 amide bonds. The van der Waals surface area contributed by atoms with E-state index in [-0.39, 0.29) is 12.3 Å². The van der Waals surface area contributed by atoms with Crippen molar-refractivity contribution >= 4 is 22.8 Å². The predicted octanol–water partition coefficient (Wildman–Crippen LogP) is 4.19. The van der Waals surface area contributed by atoms with Crippen LogP contribution in [0.25, 0.3) is 10.9 Å². The molecule has 0 unspecified atom stereocenters. The summed E-state index contributed by atoms with van der Waals surface area (Å²) in [6.07, 6.45) is 3.53. The molecule has 0 saturated carbocycles. The number of aromatic nitrogens is 2. The molecule has 4 aromatic rings. The largest absolute Gasteiger partial charge is 0.490 e. The molecule has 1 N–H and O–H groups in total. The van der Waals surface area contributed by atoms with Crippen LogP contribution in [0.1, 0.15) is 23.6 Å². The Bertz CT molecular complexity index is 1620. The quantitative estimate of drug-likeness (QED) is 0.150. The van der Waals surface area contributed by atoms with Crippen LogP contribution in [0.4, 0.5) is 5.69 Å². The van der Waals surface area contributed by atoms with Gasteiger partial charge in [0, 0.05) is 17.7 Å². The first-order chi connectivity index (χ1) is 17.9. The van der Waals surface area contributed by atoms with Crippen molar-refractivity contribution < 1.29 is 14.4 Å². The number of aromatic amines is 1. The molecule has 1 aromatic heterocycles. The highest BCUT2D eigenvalue weighted by molar-refractivity contribution is 5.82. The fourth-order valence-electron chi connectivity index (χ4n) is 3.79. The Labute approximate surface area is 211 Å². The van der Waals surface area contributed by atoms with Crippen molar-refractivity contribution in [3.05, 3.63) is 121 Å². The molecule has 0 aliphatic rings. The minimum Gasteiger partial charge on any atom is -0.490 e. The summed E-state index contributed by atoms with van der Waals surface area (Å²) >= 11 is 0. The van der Waals surface area contributed by atoms with E-state index in [9.17, 15) is 19.7 Å². The number of benzene rings is 3. The van der Waals surface area contributed by atoms with Gasteiger partial charge in [0.2, 0.25) is 0 Å². The van der Waals surface area contributed by atoms with Gasteiger partial charge in [-0.1, -0.05) is 30.3 Å². The van der Waals surface area contributed by atoms with Gasteiger partial charge in [0.05, 0.1) is 28.6 Å². The van der Waals surface area contributed by atoms with E-state index in [1.807, 2.05) is 6.92 Å². The van der Waals surface area contributed by atoms with E-state index < -0.39 is 16.2 Å². The molecule has 0 spiro atoms. The lowest BCUT2D eigenvalue weighted by molar-refractivity contribution is -0.384. The van der Waals surface area contributed by atoms with Gasteiger partial charge < -0.3 is 14.5 Å². The molecule has 0 atom stereocenters. The number of nitrogens with one attached hydrogen (secondary N) is 1. The zero-order valence-corrected chi connectivity index (χ0v) is 20.0. The Morgan fingerprint density at radius 2 is 1.92 bits per heavy atom. The van der Waals surface area contributed by atoms with E-state index in [1.165, 1.54) is 18.3 Å². The van der Waals surface area contributed by atoms with Crippen molar-refractivity contribution in [2.24, 2.45) is 5.10 Å². The molecule has 0 aliphatic heterocycles. The number of hydrogen-bond acceptors (Lipinski definition) is 7. The van der Waals surface area contributed by atoms with Crippen LogP contribution in [0, 0.1) is 10.1 Å². The van der Waals surface area contributed by atoms with E-state index in [1.54, 1.807) is 54.6 Å². The van der Waals surface area contributed by atoms with E-state index in [0.29, 0.717) is 46.6 Å². The molecule has 0 fully saturated rings. The second-order valence-corrected chi connectivity index (χ2v) is 7.99. The summed E-state index contributed by atoms with van der Waals surface area (Å²) in [6.45, 7) is 6.06. The maximum absolute atomic E-state index is 12.8. The molecule has 0 bridgehead atoms. The molecule has 1 heterocycles. The lowest BCUT2D eigenvalue weighted by Crippen LogP contribution is -2.32. The molecular formula is C27H24N4O6. The minimum atomic E-state index is -0.659. The maximum Gasteiger partial charge on any atom is 0.349 e. The third-order valence-corrected chi connectivity index (χ3v) is 5.43. The van der Waals surface area contributed by atoms with Crippen LogP contribution in [0.3, 0.4) is 0 Å². The van der Waals surface area contributed by atoms with Gasteiger partial charge in [0.25, 0.3) is 11.2 Å². The standard InChI is InChI=1S/C27H24N4O6/c1-3-8-20-13-19(16-28-30-26(32)22-11-5-6-12-23(22)29-27(30)33)15-24(36-4-2)25(20)37-17-18-9-7-10-21(14-18)31(34)35/h3,5-7,9-16H,1,4,8,17H2,2H3,(H,29,33). The lowest BCUT2D eigenvalue weighted by atomic mass is 10.1. The van der Waals surface area contributed by atoms with Crippen LogP contribution in [0.5, 0.6) is 11.5 Å². The smallest absolute Gasteiger partial charge is 0.349 e. The number of allylic oxidation sites excluding steroid dienone is 1. The zero-order valence-electron chi connectivity index (χ0n) is 20.0. The molecular weight excluding hydrogens is 476 g/mol. The molecule has 10 nitrogen and oxygen atoms in total. The second kappa shape index (κ2) is 11.2. The Hall–Kier alpha value is -4.99. The van der Waals surface area contributed by atoms with Gasteiger partial charge >= 0.3 is 5.69 Å². The number of hydrogen-bond donors (Lipinski definition) is 1. The highest BCUT2D eigenvalue weighted by Crippen LogP contribution is 2.34. The number of nitro groups is 1. The average Bonchev–Trinajstić information content (AvgIpc) is 2.88. The maximum atomic E-state index is 12.8. The van der Waals surface area contributed by atoms with E-state index in [0.717, 1.165) is 10.2 Å². The molecule has 37 heavy (non-hydrogen) atoms. The van der Waals surface area contributed by atoms with Crippen LogP contribution in [0.15, 0.2) is 88.0 Å². The number of nitrogens with zero attached hydrogens (tertiary/aromatic N) is 3. The Kier molecular flexibility index (Phi) is 7.58. The average molecular weight is 501 g/mol. The van der Waals surface area contributed by atoms with Crippen molar-refractivity contribution in [1.82, 2.24) is 9.66 Å². The molecule has 0 aliphatic carbocycles. The second-order valence-electron chi connectivity index (χ2n) is 7.99. The summed E-state index contributed by atoms with van der Waals surface area (Å²) in [5.41, 5.74) is 1.14. The first-order valence-electron chi connectivity index (χ1n) is 11.5. The molecule has 188 valence electrons. The van der Waals surface area contributed by atoms with Gasteiger partial charge in [0.1, 0.15) is 6.61 Å². The first kappa shape index (κ1) is 25.1. The van der Waals surface area contributed by atoms with Crippen molar-refractivity contribution in [1.29, 1.82) is 0 Å². The van der Waals surface area contributed by atoms with E-state index >= 15 is 0 Å². The van der Waals surface area contributed by atoms with Gasteiger partial charge in [-0.15, -0.1) is 11.3 Å². The highest BCUT2D eigenvalue weighted by atomic mass is 16.6. The van der Waals surface area contributed by atoms with E-state index in [2.05, 4.69) is 16.7 Å². The number of fused-ring (bicyclic) bond motifs is 1. The van der Waals surface area contributed by atoms with Gasteiger partial charge in [-0.25, -0.2) is 4.79 Å². The van der Waals surface area contributed by atoms with Gasteiger partial charge in [0.15, 0.2) is 11.5 Å². The number of rotatable bonds is 10. The monoisotopic (exact) mass is 500 g/mol. The van der Waals surface area contributed by atoms with Crippen molar-refractivity contribution in [3.8, 4) is 11.5 Å². The van der Waals surface area contributed by atoms with Crippen LogP contribution in [0.2, 0.25) is 0 Å². The third-order valence-electron chi connectivity index (χ3n) is 5.43. The molecule has 0 radical (unpaired) electrons. The van der Waals surface area contributed by atoms with Crippen LogP contribution in [-0.4, -0.2) is 27.4 Å². The van der Waals surface area contributed by atoms with Crippen molar-refractivity contribution in [3.63, 3.8) is 0 Å². The Morgan fingerprint density at radius 3 is 2.68 bits per heavy atom. The summed E-state index contributed by atoms with van der Waals surface area (Å²) in [5.74, 6) is 0.889. The van der Waals surface area contributed by atoms with Crippen LogP contribution < -0.4 is 20.7 Å². The summed E-state index contributed by atoms with van der Waals surface area (Å²) in [7, 11) is 0. The Morgan fingerprint density at radius 1 is 1.11 bits per heavy atom. The summed E-state index contributed by atoms with van der Waals surface area (Å²) in [6, 6.07) is 16.4. The van der Waals surface area contributed by atoms with Gasteiger partial charge in [-0.2, -0.15) is 5.10 Å². The summed E-state index contributed by atoms with van der Waals surface area (Å²) in [5, 5.41) is 15.6. The van der Waals surface area contributed by atoms with Crippen LogP contribution >= 0.6 is 0 Å².